The second-order valence-electron chi connectivity index (χ2n) is 4.37. The van der Waals surface area contributed by atoms with Crippen LogP contribution in [0, 0.1) is 0 Å². The van der Waals surface area contributed by atoms with Gasteiger partial charge >= 0.3 is 0 Å². The number of sulfonamides is 1. The van der Waals surface area contributed by atoms with Gasteiger partial charge in [-0.3, -0.25) is 0 Å². The maximum atomic E-state index is 12.2. The first-order valence-electron chi connectivity index (χ1n) is 5.97. The Balaban J connectivity index is 2.43. The minimum Gasteiger partial charge on any atom is -0.399 e. The van der Waals surface area contributed by atoms with E-state index in [4.69, 9.17) is 10.8 Å². The number of aliphatic hydroxyl groups excluding tert-OH is 1. The number of benzene rings is 1. The number of H-pyrrole nitrogens is 1. The number of hydrogen-bond donors (Lipinski definition) is 4. The Labute approximate surface area is 111 Å². The van der Waals surface area contributed by atoms with Gasteiger partial charge in [0.1, 0.15) is 4.90 Å². The first kappa shape index (κ1) is 13.9. The van der Waals surface area contributed by atoms with Crippen molar-refractivity contribution >= 4 is 26.6 Å². The van der Waals surface area contributed by atoms with Gasteiger partial charge in [0.15, 0.2) is 0 Å². The highest BCUT2D eigenvalue weighted by molar-refractivity contribution is 7.89. The summed E-state index contributed by atoms with van der Waals surface area (Å²) < 4.78 is 27.0. The van der Waals surface area contributed by atoms with E-state index >= 15 is 0 Å². The lowest BCUT2D eigenvalue weighted by molar-refractivity contribution is 0.254. The molecule has 0 saturated carbocycles. The molecule has 2 rings (SSSR count). The number of aliphatic hydroxyl groups is 1. The molecule has 104 valence electrons. The van der Waals surface area contributed by atoms with Crippen LogP contribution < -0.4 is 10.5 Å². The van der Waals surface area contributed by atoms with Gasteiger partial charge in [0.25, 0.3) is 0 Å². The largest absolute Gasteiger partial charge is 0.399 e. The van der Waals surface area contributed by atoms with Crippen molar-refractivity contribution in [1.29, 1.82) is 0 Å². The second kappa shape index (κ2) is 5.20. The van der Waals surface area contributed by atoms with Crippen molar-refractivity contribution in [3.63, 3.8) is 0 Å². The molecule has 0 spiro atoms. The second-order valence-corrected chi connectivity index (χ2v) is 6.05. The van der Waals surface area contributed by atoms with Crippen molar-refractivity contribution < 1.29 is 13.5 Å². The molecular weight excluding hydrogens is 266 g/mol. The van der Waals surface area contributed by atoms with Crippen LogP contribution in [0.4, 0.5) is 5.69 Å². The fourth-order valence-corrected chi connectivity index (χ4v) is 3.36. The zero-order valence-electron chi connectivity index (χ0n) is 10.6. The molecule has 0 fully saturated rings. The predicted octanol–water partition coefficient (Wildman–Crippen LogP) is 0.799. The van der Waals surface area contributed by atoms with Gasteiger partial charge in [-0.2, -0.15) is 0 Å². The Morgan fingerprint density at radius 1 is 1.47 bits per heavy atom. The third-order valence-electron chi connectivity index (χ3n) is 2.99. The maximum absolute atomic E-state index is 12.2. The van der Waals surface area contributed by atoms with Gasteiger partial charge in [0.05, 0.1) is 6.61 Å². The summed E-state index contributed by atoms with van der Waals surface area (Å²) >= 11 is 0. The standard InChI is InChI=1S/C12H17N3O3S/c1-2-9(7-16)15-19(17,18)12-6-14-11-5-8(13)3-4-10(11)12/h3-6,9,14-16H,2,7,13H2,1H3. The lowest BCUT2D eigenvalue weighted by Gasteiger charge is -2.13. The number of nitrogens with one attached hydrogen (secondary N) is 2. The number of aromatic nitrogens is 1. The Kier molecular flexibility index (Phi) is 3.79. The topological polar surface area (TPSA) is 108 Å². The first-order valence-corrected chi connectivity index (χ1v) is 7.46. The van der Waals surface area contributed by atoms with Gasteiger partial charge in [-0.05, 0) is 24.6 Å². The van der Waals surface area contributed by atoms with E-state index in [0.717, 1.165) is 0 Å². The van der Waals surface area contributed by atoms with E-state index in [0.29, 0.717) is 23.0 Å². The van der Waals surface area contributed by atoms with Gasteiger partial charge in [0, 0.05) is 28.8 Å². The third-order valence-corrected chi connectivity index (χ3v) is 4.55. The van der Waals surface area contributed by atoms with E-state index in [-0.39, 0.29) is 11.5 Å². The number of fused-ring (bicyclic) bond motifs is 1. The van der Waals surface area contributed by atoms with Crippen LogP contribution >= 0.6 is 0 Å². The summed E-state index contributed by atoms with van der Waals surface area (Å²) in [6, 6.07) is 4.51. The molecule has 6 nitrogen and oxygen atoms in total. The summed E-state index contributed by atoms with van der Waals surface area (Å²) in [5.74, 6) is 0. The van der Waals surface area contributed by atoms with Crippen LogP contribution in [0.5, 0.6) is 0 Å². The molecule has 0 aliphatic rings. The SMILES string of the molecule is CCC(CO)NS(=O)(=O)c1c[nH]c2cc(N)ccc12. The molecule has 1 heterocycles. The third kappa shape index (κ3) is 2.73. The Bertz CT molecular complexity index is 675. The molecule has 1 aromatic carbocycles. The van der Waals surface area contributed by atoms with Crippen molar-refractivity contribution in [1.82, 2.24) is 9.71 Å². The molecule has 0 amide bonds. The van der Waals surface area contributed by atoms with E-state index in [1.165, 1.54) is 6.20 Å². The summed E-state index contributed by atoms with van der Waals surface area (Å²) in [7, 11) is -3.66. The fraction of sp³-hybridized carbons (Fsp3) is 0.333. The number of anilines is 1. The maximum Gasteiger partial charge on any atom is 0.243 e. The van der Waals surface area contributed by atoms with Crippen LogP contribution in [-0.4, -0.2) is 31.2 Å². The van der Waals surface area contributed by atoms with E-state index in [1.807, 2.05) is 0 Å². The summed E-state index contributed by atoms with van der Waals surface area (Å²) in [5.41, 5.74) is 6.88. The average Bonchev–Trinajstić information content (AvgIpc) is 2.79. The summed E-state index contributed by atoms with van der Waals surface area (Å²) in [4.78, 5) is 3.04. The van der Waals surface area contributed by atoms with Crippen LogP contribution in [0.15, 0.2) is 29.3 Å². The first-order chi connectivity index (χ1) is 8.97. The van der Waals surface area contributed by atoms with Crippen LogP contribution in [0.25, 0.3) is 10.9 Å². The highest BCUT2D eigenvalue weighted by Gasteiger charge is 2.22. The van der Waals surface area contributed by atoms with Gasteiger partial charge in [-0.1, -0.05) is 6.92 Å². The monoisotopic (exact) mass is 283 g/mol. The normalized spacial score (nSPS) is 13.8. The molecule has 19 heavy (non-hydrogen) atoms. The number of nitrogen functional groups attached to an aromatic ring is 1. The van der Waals surface area contributed by atoms with Gasteiger partial charge in [0.2, 0.25) is 10.0 Å². The van der Waals surface area contributed by atoms with Crippen LogP contribution in [-0.2, 0) is 10.0 Å². The van der Waals surface area contributed by atoms with Crippen LogP contribution in [0.1, 0.15) is 13.3 Å². The van der Waals surface area contributed by atoms with Crippen LogP contribution in [0.2, 0.25) is 0 Å². The van der Waals surface area contributed by atoms with E-state index in [2.05, 4.69) is 9.71 Å². The molecule has 5 N–H and O–H groups in total. The molecule has 0 radical (unpaired) electrons. The Morgan fingerprint density at radius 2 is 2.21 bits per heavy atom. The number of nitrogens with two attached hydrogens (primary N) is 1. The lowest BCUT2D eigenvalue weighted by atomic mass is 10.2. The van der Waals surface area contributed by atoms with Gasteiger partial charge in [-0.25, -0.2) is 13.1 Å². The van der Waals surface area contributed by atoms with E-state index < -0.39 is 16.1 Å². The summed E-state index contributed by atoms with van der Waals surface area (Å²) in [6.45, 7) is 1.57. The molecule has 1 aromatic heterocycles. The lowest BCUT2D eigenvalue weighted by Crippen LogP contribution is -2.36. The zero-order chi connectivity index (χ0) is 14.0. The molecule has 2 aromatic rings. The zero-order valence-corrected chi connectivity index (χ0v) is 11.4. The van der Waals surface area contributed by atoms with Crippen molar-refractivity contribution in [2.45, 2.75) is 24.3 Å². The average molecular weight is 283 g/mol. The molecule has 0 saturated heterocycles. The highest BCUT2D eigenvalue weighted by Crippen LogP contribution is 2.24. The molecule has 0 aliphatic heterocycles. The van der Waals surface area contributed by atoms with Crippen molar-refractivity contribution in [2.75, 3.05) is 12.3 Å². The van der Waals surface area contributed by atoms with E-state index in [1.54, 1.807) is 25.1 Å². The van der Waals surface area contributed by atoms with Gasteiger partial charge < -0.3 is 15.8 Å². The molecule has 1 unspecified atom stereocenters. The highest BCUT2D eigenvalue weighted by atomic mass is 32.2. The van der Waals surface area contributed by atoms with E-state index in [9.17, 15) is 8.42 Å². The van der Waals surface area contributed by atoms with Crippen molar-refractivity contribution in [3.8, 4) is 0 Å². The number of rotatable bonds is 5. The Morgan fingerprint density at radius 3 is 2.84 bits per heavy atom. The van der Waals surface area contributed by atoms with Crippen LogP contribution in [0.3, 0.4) is 0 Å². The van der Waals surface area contributed by atoms with Crippen molar-refractivity contribution in [3.05, 3.63) is 24.4 Å². The van der Waals surface area contributed by atoms with Gasteiger partial charge in [-0.15, -0.1) is 0 Å². The Hall–Kier alpha value is -1.57. The van der Waals surface area contributed by atoms with Crippen molar-refractivity contribution in [2.24, 2.45) is 0 Å². The summed E-state index contributed by atoms with van der Waals surface area (Å²) in [5, 5.41) is 9.66. The summed E-state index contributed by atoms with van der Waals surface area (Å²) in [6.07, 6.45) is 1.95. The number of hydrogen-bond acceptors (Lipinski definition) is 4. The quantitative estimate of drug-likeness (QED) is 0.609. The smallest absolute Gasteiger partial charge is 0.243 e. The molecular formula is C12H17N3O3S. The minimum atomic E-state index is -3.66. The minimum absolute atomic E-state index is 0.161. The predicted molar refractivity (Wildman–Crippen MR) is 74.2 cm³/mol. The fourth-order valence-electron chi connectivity index (χ4n) is 1.87. The number of aromatic amines is 1. The molecule has 7 heteroatoms. The molecule has 0 aliphatic carbocycles. The molecule has 0 bridgehead atoms. The molecule has 1 atom stereocenters.